The van der Waals surface area contributed by atoms with Crippen molar-refractivity contribution in [3.8, 4) is 0 Å². The lowest BCUT2D eigenvalue weighted by atomic mass is 10.1. The number of nitrogens with one attached hydrogen (secondary N) is 1. The van der Waals surface area contributed by atoms with Crippen LogP contribution in [0.1, 0.15) is 18.1 Å². The molecule has 0 spiro atoms. The number of hydrogen-bond acceptors (Lipinski definition) is 2. The van der Waals surface area contributed by atoms with Gasteiger partial charge in [0.2, 0.25) is 0 Å². The first-order valence-corrected chi connectivity index (χ1v) is 4.60. The number of hydrogen-bond donors (Lipinski definition) is 1. The van der Waals surface area contributed by atoms with Crippen molar-refractivity contribution >= 4 is 6.21 Å². The summed E-state index contributed by atoms with van der Waals surface area (Å²) in [4.78, 5) is 4.18. The summed E-state index contributed by atoms with van der Waals surface area (Å²) in [7, 11) is 1.95. The summed E-state index contributed by atoms with van der Waals surface area (Å²) < 4.78 is 0. The summed E-state index contributed by atoms with van der Waals surface area (Å²) in [6, 6.07) is 8.42. The van der Waals surface area contributed by atoms with Crippen LogP contribution in [0.4, 0.5) is 0 Å². The second kappa shape index (κ2) is 5.49. The van der Waals surface area contributed by atoms with Gasteiger partial charge in [-0.1, -0.05) is 24.3 Å². The van der Waals surface area contributed by atoms with Gasteiger partial charge in [-0.2, -0.15) is 0 Å². The molecule has 0 saturated carbocycles. The Kier molecular flexibility index (Phi) is 4.19. The van der Waals surface area contributed by atoms with Gasteiger partial charge < -0.3 is 5.32 Å². The average Bonchev–Trinajstić information content (AvgIpc) is 2.17. The highest BCUT2D eigenvalue weighted by atomic mass is 14.8. The standard InChI is InChI=1S/C11H16N2/c1-3-13-9-11-6-4-10(5-7-11)8-12-2/h4-7,9,12H,3,8H2,1-2H3. The predicted molar refractivity (Wildman–Crippen MR) is 57.3 cm³/mol. The summed E-state index contributed by atoms with van der Waals surface area (Å²) in [5, 5.41) is 3.11. The topological polar surface area (TPSA) is 24.4 Å². The van der Waals surface area contributed by atoms with E-state index in [0.717, 1.165) is 13.1 Å². The van der Waals surface area contributed by atoms with Gasteiger partial charge >= 0.3 is 0 Å². The third-order valence-electron chi connectivity index (χ3n) is 1.78. The van der Waals surface area contributed by atoms with E-state index in [1.807, 2.05) is 20.2 Å². The molecule has 1 N–H and O–H groups in total. The van der Waals surface area contributed by atoms with Gasteiger partial charge in [-0.05, 0) is 25.1 Å². The van der Waals surface area contributed by atoms with Gasteiger partial charge in [0.05, 0.1) is 0 Å². The molecule has 0 unspecified atom stereocenters. The van der Waals surface area contributed by atoms with Gasteiger partial charge in [0.15, 0.2) is 0 Å². The number of nitrogens with zero attached hydrogens (tertiary/aromatic N) is 1. The van der Waals surface area contributed by atoms with E-state index in [1.54, 1.807) is 0 Å². The van der Waals surface area contributed by atoms with Crippen LogP contribution in [-0.4, -0.2) is 19.8 Å². The summed E-state index contributed by atoms with van der Waals surface area (Å²) in [5.41, 5.74) is 2.47. The van der Waals surface area contributed by atoms with Gasteiger partial charge in [-0.3, -0.25) is 4.99 Å². The molecule has 0 aliphatic carbocycles. The smallest absolute Gasteiger partial charge is 0.0361 e. The van der Waals surface area contributed by atoms with E-state index in [-0.39, 0.29) is 0 Å². The Morgan fingerprint density at radius 3 is 2.54 bits per heavy atom. The predicted octanol–water partition coefficient (Wildman–Crippen LogP) is 1.84. The fourth-order valence-electron chi connectivity index (χ4n) is 1.12. The second-order valence-electron chi connectivity index (χ2n) is 2.90. The molecule has 0 aromatic heterocycles. The molecule has 1 aromatic rings. The van der Waals surface area contributed by atoms with Crippen molar-refractivity contribution in [2.45, 2.75) is 13.5 Å². The molecular weight excluding hydrogens is 160 g/mol. The molecule has 0 aliphatic rings. The lowest BCUT2D eigenvalue weighted by Crippen LogP contribution is -2.04. The van der Waals surface area contributed by atoms with Crippen LogP contribution in [0, 0.1) is 0 Å². The molecule has 2 nitrogen and oxygen atoms in total. The van der Waals surface area contributed by atoms with E-state index in [1.165, 1.54) is 11.1 Å². The van der Waals surface area contributed by atoms with Crippen molar-refractivity contribution in [1.29, 1.82) is 0 Å². The fraction of sp³-hybridized carbons (Fsp3) is 0.364. The zero-order chi connectivity index (χ0) is 9.52. The van der Waals surface area contributed by atoms with E-state index in [2.05, 4.69) is 34.6 Å². The molecule has 1 aromatic carbocycles. The summed E-state index contributed by atoms with van der Waals surface area (Å²) in [5.74, 6) is 0. The second-order valence-corrected chi connectivity index (χ2v) is 2.90. The Hall–Kier alpha value is -1.15. The minimum Gasteiger partial charge on any atom is -0.316 e. The van der Waals surface area contributed by atoms with Gasteiger partial charge in [0, 0.05) is 19.3 Å². The summed E-state index contributed by atoms with van der Waals surface area (Å²) in [6.07, 6.45) is 1.91. The normalized spacial score (nSPS) is 10.9. The van der Waals surface area contributed by atoms with Crippen LogP contribution in [0.15, 0.2) is 29.3 Å². The van der Waals surface area contributed by atoms with Crippen LogP contribution in [0.25, 0.3) is 0 Å². The number of rotatable bonds is 4. The van der Waals surface area contributed by atoms with E-state index < -0.39 is 0 Å². The molecule has 1 rings (SSSR count). The Labute approximate surface area is 79.7 Å². The Bertz CT molecular complexity index is 262. The molecule has 0 bridgehead atoms. The monoisotopic (exact) mass is 176 g/mol. The molecule has 0 aliphatic heterocycles. The van der Waals surface area contributed by atoms with Crippen LogP contribution < -0.4 is 5.32 Å². The van der Waals surface area contributed by atoms with Gasteiger partial charge in [-0.15, -0.1) is 0 Å². The minimum atomic E-state index is 0.846. The van der Waals surface area contributed by atoms with Crippen LogP contribution in [0.2, 0.25) is 0 Å². The highest BCUT2D eigenvalue weighted by Crippen LogP contribution is 2.01. The molecular formula is C11H16N2. The third kappa shape index (κ3) is 3.38. The van der Waals surface area contributed by atoms with Crippen LogP contribution >= 0.6 is 0 Å². The maximum atomic E-state index is 4.18. The number of aliphatic imine (C=N–C) groups is 1. The van der Waals surface area contributed by atoms with Crippen LogP contribution in [0.3, 0.4) is 0 Å². The van der Waals surface area contributed by atoms with Gasteiger partial charge in [0.1, 0.15) is 0 Å². The molecule has 2 heteroatoms. The lowest BCUT2D eigenvalue weighted by molar-refractivity contribution is 0.818. The molecule has 0 amide bonds. The van der Waals surface area contributed by atoms with E-state index in [4.69, 9.17) is 0 Å². The number of benzene rings is 1. The highest BCUT2D eigenvalue weighted by Gasteiger charge is 1.90. The SMILES string of the molecule is CCN=Cc1ccc(CNC)cc1. The highest BCUT2D eigenvalue weighted by molar-refractivity contribution is 5.79. The average molecular weight is 176 g/mol. The van der Waals surface area contributed by atoms with Gasteiger partial charge in [-0.25, -0.2) is 0 Å². The first kappa shape index (κ1) is 9.93. The summed E-state index contributed by atoms with van der Waals surface area (Å²) in [6.45, 7) is 3.80. The van der Waals surface area contributed by atoms with Crippen LogP contribution in [0.5, 0.6) is 0 Å². The molecule has 0 heterocycles. The molecule has 0 radical (unpaired) electrons. The van der Waals surface area contributed by atoms with E-state index in [0.29, 0.717) is 0 Å². The molecule has 0 saturated heterocycles. The quantitative estimate of drug-likeness (QED) is 0.696. The summed E-state index contributed by atoms with van der Waals surface area (Å²) >= 11 is 0. The molecule has 0 fully saturated rings. The van der Waals surface area contributed by atoms with Crippen LogP contribution in [-0.2, 0) is 6.54 Å². The first-order valence-electron chi connectivity index (χ1n) is 4.60. The Balaban J connectivity index is 2.64. The lowest BCUT2D eigenvalue weighted by Gasteiger charge is -1.99. The van der Waals surface area contributed by atoms with E-state index >= 15 is 0 Å². The van der Waals surface area contributed by atoms with Crippen molar-refractivity contribution in [3.05, 3.63) is 35.4 Å². The van der Waals surface area contributed by atoms with Crippen molar-refractivity contribution < 1.29 is 0 Å². The van der Waals surface area contributed by atoms with Crippen molar-refractivity contribution in [2.24, 2.45) is 4.99 Å². The maximum absolute atomic E-state index is 4.18. The molecule has 70 valence electrons. The van der Waals surface area contributed by atoms with Crippen molar-refractivity contribution in [3.63, 3.8) is 0 Å². The largest absolute Gasteiger partial charge is 0.316 e. The Morgan fingerprint density at radius 1 is 1.31 bits per heavy atom. The molecule has 0 atom stereocenters. The van der Waals surface area contributed by atoms with E-state index in [9.17, 15) is 0 Å². The van der Waals surface area contributed by atoms with Crippen molar-refractivity contribution in [1.82, 2.24) is 5.32 Å². The fourth-order valence-corrected chi connectivity index (χ4v) is 1.12. The zero-order valence-electron chi connectivity index (χ0n) is 8.25. The maximum Gasteiger partial charge on any atom is 0.0361 e. The minimum absolute atomic E-state index is 0.846. The van der Waals surface area contributed by atoms with Gasteiger partial charge in [0.25, 0.3) is 0 Å². The first-order chi connectivity index (χ1) is 6.36. The third-order valence-corrected chi connectivity index (χ3v) is 1.78. The zero-order valence-corrected chi connectivity index (χ0v) is 8.25. The molecule has 13 heavy (non-hydrogen) atoms. The van der Waals surface area contributed by atoms with Crippen molar-refractivity contribution in [2.75, 3.05) is 13.6 Å². The Morgan fingerprint density at radius 2 is 2.00 bits per heavy atom.